The Balaban J connectivity index is 1.32. The minimum atomic E-state index is -1.31. The fourth-order valence-corrected chi connectivity index (χ4v) is 5.14. The van der Waals surface area contributed by atoms with Crippen molar-refractivity contribution in [1.29, 1.82) is 0 Å². The van der Waals surface area contributed by atoms with Crippen LogP contribution in [0.2, 0.25) is 0 Å². The Morgan fingerprint density at radius 2 is 1.49 bits per heavy atom. The molecule has 0 saturated carbocycles. The first-order chi connectivity index (χ1) is 21.7. The van der Waals surface area contributed by atoms with Gasteiger partial charge in [0.15, 0.2) is 11.9 Å². The van der Waals surface area contributed by atoms with Gasteiger partial charge in [0.25, 0.3) is 5.91 Å². The first-order valence-electron chi connectivity index (χ1n) is 14.3. The van der Waals surface area contributed by atoms with E-state index in [4.69, 9.17) is 4.74 Å². The minimum absolute atomic E-state index is 0.0899. The van der Waals surface area contributed by atoms with Gasteiger partial charge in [-0.25, -0.2) is 0 Å². The molecule has 3 atom stereocenters. The van der Waals surface area contributed by atoms with Crippen molar-refractivity contribution < 1.29 is 33.8 Å². The number of carbonyl (C=O) groups is 5. The number of hydrogen-bond donors (Lipinski definition) is 3. The minimum Gasteiger partial charge on any atom is -0.481 e. The topological polar surface area (TPSA) is 142 Å². The maximum atomic E-state index is 13.9. The SMILES string of the molecule is C[C@H](NC(=O)Cc1cccc(C(=O)c2ccccc2)c1)C(=O)N[C@@H]1C(=O)N(CC(=O)O)c2ccccc2O[C@@H]1c1ccccc1. The molecule has 1 heterocycles. The third-order valence-corrected chi connectivity index (χ3v) is 7.32. The van der Waals surface area contributed by atoms with Crippen LogP contribution < -0.4 is 20.3 Å². The number of para-hydroxylation sites is 2. The molecule has 0 radical (unpaired) electrons. The largest absolute Gasteiger partial charge is 0.481 e. The molecule has 45 heavy (non-hydrogen) atoms. The number of amides is 3. The number of rotatable bonds is 10. The summed E-state index contributed by atoms with van der Waals surface area (Å²) in [4.78, 5) is 65.9. The van der Waals surface area contributed by atoms with Crippen molar-refractivity contribution in [3.05, 3.63) is 131 Å². The quantitative estimate of drug-likeness (QED) is 0.234. The molecule has 10 heteroatoms. The Hall–Kier alpha value is -5.77. The Labute approximate surface area is 259 Å². The number of ether oxygens (including phenoxy) is 1. The van der Waals surface area contributed by atoms with Crippen molar-refractivity contribution in [2.24, 2.45) is 0 Å². The first-order valence-corrected chi connectivity index (χ1v) is 14.3. The first kappa shape index (κ1) is 30.7. The van der Waals surface area contributed by atoms with Crippen LogP contribution in [0.1, 0.15) is 40.1 Å². The lowest BCUT2D eigenvalue weighted by Gasteiger charge is -2.28. The molecule has 0 bridgehead atoms. The smallest absolute Gasteiger partial charge is 0.323 e. The van der Waals surface area contributed by atoms with Gasteiger partial charge in [0, 0.05) is 11.1 Å². The monoisotopic (exact) mass is 605 g/mol. The van der Waals surface area contributed by atoms with Crippen molar-refractivity contribution >= 4 is 35.2 Å². The van der Waals surface area contributed by atoms with Gasteiger partial charge >= 0.3 is 5.97 Å². The second kappa shape index (κ2) is 13.7. The maximum absolute atomic E-state index is 13.9. The van der Waals surface area contributed by atoms with Crippen LogP contribution in [-0.4, -0.2) is 53.2 Å². The van der Waals surface area contributed by atoms with E-state index in [0.717, 1.165) is 4.90 Å². The van der Waals surface area contributed by atoms with E-state index >= 15 is 0 Å². The van der Waals surface area contributed by atoms with Crippen molar-refractivity contribution in [3.8, 4) is 5.75 Å². The molecule has 10 nitrogen and oxygen atoms in total. The number of ketones is 1. The molecule has 0 fully saturated rings. The van der Waals surface area contributed by atoms with Gasteiger partial charge in [-0.15, -0.1) is 0 Å². The maximum Gasteiger partial charge on any atom is 0.323 e. The molecule has 3 amide bonds. The van der Waals surface area contributed by atoms with Crippen LogP contribution >= 0.6 is 0 Å². The lowest BCUT2D eigenvalue weighted by Crippen LogP contribution is -2.56. The highest BCUT2D eigenvalue weighted by atomic mass is 16.5. The molecule has 4 aromatic rings. The molecule has 228 valence electrons. The number of carboxylic acid groups (broad SMARTS) is 1. The van der Waals surface area contributed by atoms with Crippen LogP contribution in [-0.2, 0) is 25.6 Å². The average Bonchev–Trinajstić information content (AvgIpc) is 3.15. The second-order valence-corrected chi connectivity index (χ2v) is 10.6. The van der Waals surface area contributed by atoms with E-state index in [9.17, 15) is 29.1 Å². The fraction of sp³-hybridized carbons (Fsp3) is 0.171. The highest BCUT2D eigenvalue weighted by Crippen LogP contribution is 2.37. The molecular formula is C35H31N3O7. The van der Waals surface area contributed by atoms with Gasteiger partial charge in [0.2, 0.25) is 11.8 Å². The standard InChI is InChI=1S/C35H31N3O7/c1-22(36-29(39)20-23-11-10-16-26(19-23)32(42)24-12-4-2-5-13-24)34(43)37-31-33(25-14-6-3-7-15-25)45-28-18-9-8-17-27(28)38(35(31)44)21-30(40)41/h2-19,22,31,33H,20-21H2,1H3,(H,36,39)(H,37,43)(H,40,41)/t22-,31-,33+/m0/s1. The highest BCUT2D eigenvalue weighted by Gasteiger charge is 2.41. The predicted molar refractivity (Wildman–Crippen MR) is 166 cm³/mol. The van der Waals surface area contributed by atoms with E-state index in [1.807, 2.05) is 6.07 Å². The summed E-state index contributed by atoms with van der Waals surface area (Å²) in [6, 6.07) is 28.5. The van der Waals surface area contributed by atoms with Crippen LogP contribution in [0.5, 0.6) is 5.75 Å². The molecule has 1 aliphatic rings. The van der Waals surface area contributed by atoms with Crippen LogP contribution in [0.15, 0.2) is 109 Å². The van der Waals surface area contributed by atoms with E-state index in [-0.39, 0.29) is 23.6 Å². The van der Waals surface area contributed by atoms with Crippen LogP contribution in [0.25, 0.3) is 0 Å². The molecule has 0 aromatic heterocycles. The Morgan fingerprint density at radius 3 is 2.20 bits per heavy atom. The van der Waals surface area contributed by atoms with Gasteiger partial charge < -0.3 is 20.5 Å². The molecular weight excluding hydrogens is 574 g/mol. The van der Waals surface area contributed by atoms with E-state index in [1.54, 1.807) is 103 Å². The Kier molecular flexibility index (Phi) is 9.33. The van der Waals surface area contributed by atoms with Crippen LogP contribution in [0.3, 0.4) is 0 Å². The number of hydrogen-bond acceptors (Lipinski definition) is 6. The average molecular weight is 606 g/mol. The number of nitrogens with one attached hydrogen (secondary N) is 2. The van der Waals surface area contributed by atoms with Gasteiger partial charge in [-0.2, -0.15) is 0 Å². The second-order valence-electron chi connectivity index (χ2n) is 10.6. The van der Waals surface area contributed by atoms with Crippen molar-refractivity contribution in [3.63, 3.8) is 0 Å². The van der Waals surface area contributed by atoms with Crippen LogP contribution in [0, 0.1) is 0 Å². The van der Waals surface area contributed by atoms with E-state index in [2.05, 4.69) is 10.6 Å². The summed E-state index contributed by atoms with van der Waals surface area (Å²) >= 11 is 0. The highest BCUT2D eigenvalue weighted by molar-refractivity contribution is 6.09. The van der Waals surface area contributed by atoms with Crippen molar-refractivity contribution in [2.45, 2.75) is 31.5 Å². The molecule has 0 aliphatic carbocycles. The number of nitrogens with zero attached hydrogens (tertiary/aromatic N) is 1. The van der Waals surface area contributed by atoms with Gasteiger partial charge in [-0.05, 0) is 36.2 Å². The van der Waals surface area contributed by atoms with E-state index in [1.165, 1.54) is 6.92 Å². The summed E-state index contributed by atoms with van der Waals surface area (Å²) in [6.45, 7) is 0.830. The fourth-order valence-electron chi connectivity index (χ4n) is 5.14. The summed E-state index contributed by atoms with van der Waals surface area (Å²) in [7, 11) is 0. The summed E-state index contributed by atoms with van der Waals surface area (Å²) in [6.07, 6.45) is -1.08. The predicted octanol–water partition coefficient (Wildman–Crippen LogP) is 3.70. The van der Waals surface area contributed by atoms with E-state index in [0.29, 0.717) is 22.3 Å². The number of benzene rings is 4. The lowest BCUT2D eigenvalue weighted by atomic mass is 10.00. The summed E-state index contributed by atoms with van der Waals surface area (Å²) in [5.41, 5.74) is 2.39. The number of fused-ring (bicyclic) bond motifs is 1. The molecule has 1 aliphatic heterocycles. The molecule has 0 unspecified atom stereocenters. The van der Waals surface area contributed by atoms with E-state index < -0.39 is 48.4 Å². The Morgan fingerprint density at radius 1 is 0.844 bits per heavy atom. The molecule has 5 rings (SSSR count). The molecule has 3 N–H and O–H groups in total. The summed E-state index contributed by atoms with van der Waals surface area (Å²) in [5.74, 6) is -2.94. The van der Waals surface area contributed by atoms with Gasteiger partial charge in [-0.3, -0.25) is 28.9 Å². The number of carboxylic acids is 1. The third-order valence-electron chi connectivity index (χ3n) is 7.32. The van der Waals surface area contributed by atoms with Crippen molar-refractivity contribution in [2.75, 3.05) is 11.4 Å². The number of anilines is 1. The lowest BCUT2D eigenvalue weighted by molar-refractivity contribution is -0.137. The zero-order chi connectivity index (χ0) is 31.9. The third kappa shape index (κ3) is 7.24. The molecule has 4 aromatic carbocycles. The zero-order valence-corrected chi connectivity index (χ0v) is 24.4. The summed E-state index contributed by atoms with van der Waals surface area (Å²) < 4.78 is 6.26. The normalized spacial score (nSPS) is 16.4. The van der Waals surface area contributed by atoms with Crippen molar-refractivity contribution in [1.82, 2.24) is 10.6 Å². The summed E-state index contributed by atoms with van der Waals surface area (Å²) in [5, 5.41) is 14.9. The van der Waals surface area contributed by atoms with Gasteiger partial charge in [0.05, 0.1) is 12.1 Å². The Bertz CT molecular complexity index is 1730. The van der Waals surface area contributed by atoms with Gasteiger partial charge in [0.1, 0.15) is 24.4 Å². The molecule has 0 saturated heterocycles. The van der Waals surface area contributed by atoms with Gasteiger partial charge in [-0.1, -0.05) is 91.0 Å². The molecule has 0 spiro atoms. The number of aliphatic carboxylic acids is 1. The van der Waals surface area contributed by atoms with Crippen LogP contribution in [0.4, 0.5) is 5.69 Å². The number of carbonyl (C=O) groups excluding carboxylic acids is 4. The zero-order valence-electron chi connectivity index (χ0n) is 24.4.